The fourth-order valence-corrected chi connectivity index (χ4v) is 2.15. The molecule has 2 aromatic heterocycles. The summed E-state index contributed by atoms with van der Waals surface area (Å²) in [7, 11) is 0. The summed E-state index contributed by atoms with van der Waals surface area (Å²) in [6.07, 6.45) is 7.24. The van der Waals surface area contributed by atoms with Gasteiger partial charge in [0.2, 0.25) is 5.89 Å². The summed E-state index contributed by atoms with van der Waals surface area (Å²) in [6, 6.07) is 4.27. The second-order valence-electron chi connectivity index (χ2n) is 4.50. The minimum Gasteiger partial charge on any atom is -0.343 e. The van der Waals surface area contributed by atoms with E-state index in [0.29, 0.717) is 24.8 Å². The first-order chi connectivity index (χ1) is 8.38. The fourth-order valence-electron chi connectivity index (χ4n) is 2.15. The van der Waals surface area contributed by atoms with E-state index in [1.807, 2.05) is 12.1 Å². The van der Waals surface area contributed by atoms with Crippen LogP contribution in [0.25, 0.3) is 0 Å². The molecular weight excluding hydrogens is 216 g/mol. The molecule has 1 aliphatic carbocycles. The van der Waals surface area contributed by atoms with Crippen LogP contribution in [-0.2, 0) is 6.42 Å². The van der Waals surface area contributed by atoms with E-state index in [2.05, 4.69) is 27.1 Å². The highest BCUT2D eigenvalue weighted by molar-refractivity contribution is 5.07. The van der Waals surface area contributed by atoms with Crippen LogP contribution < -0.4 is 5.73 Å². The maximum absolute atomic E-state index is 5.48. The summed E-state index contributed by atoms with van der Waals surface area (Å²) < 4.78 is 7.37. The topological polar surface area (TPSA) is 69.9 Å². The van der Waals surface area contributed by atoms with E-state index in [1.54, 1.807) is 0 Å². The van der Waals surface area contributed by atoms with Crippen molar-refractivity contribution in [2.45, 2.75) is 25.3 Å². The van der Waals surface area contributed by atoms with Crippen molar-refractivity contribution in [1.82, 2.24) is 14.7 Å². The van der Waals surface area contributed by atoms with Gasteiger partial charge in [-0.25, -0.2) is 0 Å². The lowest BCUT2D eigenvalue weighted by Crippen LogP contribution is -2.13. The Kier molecular flexibility index (Phi) is 2.68. The molecule has 0 bridgehead atoms. The number of nitrogens with two attached hydrogens (primary N) is 1. The standard InChI is InChI=1S/C12H16N4O/c13-6-5-10-14-12(15-17-10)11(9-3-4-9)16-7-1-2-8-16/h1-2,7-9,11H,3-6,13H2. The van der Waals surface area contributed by atoms with E-state index in [4.69, 9.17) is 10.3 Å². The summed E-state index contributed by atoms with van der Waals surface area (Å²) >= 11 is 0. The van der Waals surface area contributed by atoms with Crippen LogP contribution in [0.2, 0.25) is 0 Å². The molecule has 0 radical (unpaired) electrons. The zero-order valence-electron chi connectivity index (χ0n) is 9.62. The van der Waals surface area contributed by atoms with Crippen LogP contribution in [0.4, 0.5) is 0 Å². The van der Waals surface area contributed by atoms with Gasteiger partial charge in [0.15, 0.2) is 5.82 Å². The summed E-state index contributed by atoms with van der Waals surface area (Å²) in [5, 5.41) is 4.09. The number of hydrogen-bond donors (Lipinski definition) is 1. The van der Waals surface area contributed by atoms with Gasteiger partial charge in [0.1, 0.15) is 0 Å². The van der Waals surface area contributed by atoms with E-state index < -0.39 is 0 Å². The van der Waals surface area contributed by atoms with E-state index in [1.165, 1.54) is 12.8 Å². The van der Waals surface area contributed by atoms with E-state index in [-0.39, 0.29) is 6.04 Å². The number of aromatic nitrogens is 3. The summed E-state index contributed by atoms with van der Waals surface area (Å²) in [4.78, 5) is 4.44. The van der Waals surface area contributed by atoms with Gasteiger partial charge in [-0.15, -0.1) is 0 Å². The van der Waals surface area contributed by atoms with Crippen LogP contribution in [0, 0.1) is 5.92 Å². The third-order valence-electron chi connectivity index (χ3n) is 3.12. The predicted octanol–water partition coefficient (Wildman–Crippen LogP) is 1.37. The minimum absolute atomic E-state index is 0.222. The molecule has 5 nitrogen and oxygen atoms in total. The quantitative estimate of drug-likeness (QED) is 0.845. The Morgan fingerprint density at radius 2 is 2.18 bits per heavy atom. The Hall–Kier alpha value is -1.62. The highest BCUT2D eigenvalue weighted by Gasteiger charge is 2.36. The predicted molar refractivity (Wildman–Crippen MR) is 62.4 cm³/mol. The van der Waals surface area contributed by atoms with Gasteiger partial charge in [-0.2, -0.15) is 4.98 Å². The molecule has 0 aromatic carbocycles. The van der Waals surface area contributed by atoms with Crippen LogP contribution in [0.1, 0.15) is 30.6 Å². The molecule has 17 heavy (non-hydrogen) atoms. The Labute approximate surface area is 99.6 Å². The largest absolute Gasteiger partial charge is 0.343 e. The molecule has 1 atom stereocenters. The van der Waals surface area contributed by atoms with Crippen molar-refractivity contribution in [2.75, 3.05) is 6.54 Å². The normalized spacial score (nSPS) is 17.2. The van der Waals surface area contributed by atoms with Crippen LogP contribution in [-0.4, -0.2) is 21.3 Å². The Morgan fingerprint density at radius 3 is 2.82 bits per heavy atom. The van der Waals surface area contributed by atoms with Crippen LogP contribution in [0.15, 0.2) is 29.0 Å². The summed E-state index contributed by atoms with van der Waals surface area (Å²) in [6.45, 7) is 0.541. The molecule has 3 rings (SSSR count). The highest BCUT2D eigenvalue weighted by Crippen LogP contribution is 2.42. The zero-order valence-corrected chi connectivity index (χ0v) is 9.62. The zero-order chi connectivity index (χ0) is 11.7. The van der Waals surface area contributed by atoms with Crippen molar-refractivity contribution in [3.05, 3.63) is 36.2 Å². The molecule has 2 heterocycles. The van der Waals surface area contributed by atoms with Gasteiger partial charge < -0.3 is 14.8 Å². The van der Waals surface area contributed by atoms with Crippen LogP contribution in [0.5, 0.6) is 0 Å². The first-order valence-corrected chi connectivity index (χ1v) is 6.03. The SMILES string of the molecule is NCCc1nc(C(C2CC2)n2cccc2)no1. The number of hydrogen-bond acceptors (Lipinski definition) is 4. The van der Waals surface area contributed by atoms with Crippen molar-refractivity contribution >= 4 is 0 Å². The van der Waals surface area contributed by atoms with Gasteiger partial charge in [-0.05, 0) is 30.9 Å². The molecule has 1 fully saturated rings. The second kappa shape index (κ2) is 4.33. The molecular formula is C12H16N4O. The molecule has 0 spiro atoms. The Bertz CT molecular complexity index is 472. The smallest absolute Gasteiger partial charge is 0.227 e. The highest BCUT2D eigenvalue weighted by atomic mass is 16.5. The van der Waals surface area contributed by atoms with Crippen molar-refractivity contribution in [3.63, 3.8) is 0 Å². The lowest BCUT2D eigenvalue weighted by Gasteiger charge is -2.13. The average molecular weight is 232 g/mol. The third kappa shape index (κ3) is 2.10. The number of rotatable bonds is 5. The first kappa shape index (κ1) is 10.5. The molecule has 0 saturated heterocycles. The van der Waals surface area contributed by atoms with Crippen LogP contribution >= 0.6 is 0 Å². The second-order valence-corrected chi connectivity index (χ2v) is 4.50. The molecule has 1 unspecified atom stereocenters. The van der Waals surface area contributed by atoms with Crippen LogP contribution in [0.3, 0.4) is 0 Å². The molecule has 0 aliphatic heterocycles. The summed E-state index contributed by atoms with van der Waals surface area (Å²) in [5.41, 5.74) is 5.48. The average Bonchev–Trinajstić information content (AvgIpc) is 2.82. The molecule has 5 heteroatoms. The van der Waals surface area contributed by atoms with Gasteiger partial charge in [0.05, 0.1) is 6.04 Å². The van der Waals surface area contributed by atoms with Gasteiger partial charge in [-0.3, -0.25) is 0 Å². The van der Waals surface area contributed by atoms with Crippen molar-refractivity contribution in [1.29, 1.82) is 0 Å². The molecule has 1 aliphatic rings. The van der Waals surface area contributed by atoms with Gasteiger partial charge in [0.25, 0.3) is 0 Å². The Balaban J connectivity index is 1.87. The van der Waals surface area contributed by atoms with E-state index in [9.17, 15) is 0 Å². The van der Waals surface area contributed by atoms with Crippen molar-refractivity contribution in [3.8, 4) is 0 Å². The monoisotopic (exact) mass is 232 g/mol. The lowest BCUT2D eigenvalue weighted by molar-refractivity contribution is 0.363. The van der Waals surface area contributed by atoms with E-state index in [0.717, 1.165) is 5.82 Å². The number of nitrogens with zero attached hydrogens (tertiary/aromatic N) is 3. The third-order valence-corrected chi connectivity index (χ3v) is 3.12. The lowest BCUT2D eigenvalue weighted by atomic mass is 10.1. The fraction of sp³-hybridized carbons (Fsp3) is 0.500. The molecule has 2 aromatic rings. The maximum atomic E-state index is 5.48. The Morgan fingerprint density at radius 1 is 1.41 bits per heavy atom. The molecule has 1 saturated carbocycles. The maximum Gasteiger partial charge on any atom is 0.227 e. The van der Waals surface area contributed by atoms with Gasteiger partial charge in [0, 0.05) is 25.4 Å². The van der Waals surface area contributed by atoms with E-state index >= 15 is 0 Å². The van der Waals surface area contributed by atoms with Gasteiger partial charge >= 0.3 is 0 Å². The summed E-state index contributed by atoms with van der Waals surface area (Å²) in [5.74, 6) is 2.07. The van der Waals surface area contributed by atoms with Crippen molar-refractivity contribution < 1.29 is 4.52 Å². The minimum atomic E-state index is 0.222. The molecule has 0 amide bonds. The molecule has 2 N–H and O–H groups in total. The van der Waals surface area contributed by atoms with Crippen molar-refractivity contribution in [2.24, 2.45) is 11.7 Å². The van der Waals surface area contributed by atoms with Gasteiger partial charge in [-0.1, -0.05) is 5.16 Å². The first-order valence-electron chi connectivity index (χ1n) is 6.03. The molecule has 90 valence electrons.